The van der Waals surface area contributed by atoms with Crippen LogP contribution in [0.1, 0.15) is 88.0 Å². The molecular formula is C30H44N2NiO2. The minimum atomic E-state index is 0. The maximum Gasteiger partial charge on any atom is 0.210 e. The Kier molecular flexibility index (Phi) is 18.0. The van der Waals surface area contributed by atoms with Crippen molar-refractivity contribution >= 4 is 11.4 Å². The molecule has 4 nitrogen and oxygen atoms in total. The van der Waals surface area contributed by atoms with Gasteiger partial charge in [0, 0.05) is 53.5 Å². The number of allylic oxidation sites excluding steroid dienone is 2. The van der Waals surface area contributed by atoms with E-state index in [9.17, 15) is 5.53 Å². The number of aliphatic hydroxyl groups excluding tert-OH is 2. The minimum Gasteiger partial charge on any atom is -0.493 e. The summed E-state index contributed by atoms with van der Waals surface area (Å²) in [4.78, 5) is 0. The summed E-state index contributed by atoms with van der Waals surface area (Å²) < 4.78 is 1.43. The van der Waals surface area contributed by atoms with Crippen molar-refractivity contribution in [2.45, 2.75) is 78.6 Å². The van der Waals surface area contributed by atoms with Crippen molar-refractivity contribution in [3.8, 4) is 0 Å². The van der Waals surface area contributed by atoms with Crippen LogP contribution in [0.2, 0.25) is 0 Å². The molecule has 2 aromatic rings. The minimum absolute atomic E-state index is 0. The van der Waals surface area contributed by atoms with Gasteiger partial charge in [-0.3, -0.25) is 0 Å². The molecule has 0 radical (unpaired) electrons. The summed E-state index contributed by atoms with van der Waals surface area (Å²) in [5, 5.41) is 14.0. The summed E-state index contributed by atoms with van der Waals surface area (Å²) in [6.07, 6.45) is 12.4. The van der Waals surface area contributed by atoms with Crippen LogP contribution in [0.3, 0.4) is 0 Å². The second kappa shape index (κ2) is 19.2. The average molecular weight is 523 g/mol. The van der Waals surface area contributed by atoms with Gasteiger partial charge in [0.25, 0.3) is 0 Å². The molecule has 0 aliphatic carbocycles. The third-order valence-corrected chi connectivity index (χ3v) is 5.92. The Morgan fingerprint density at radius 3 is 1.66 bits per heavy atom. The maximum absolute atomic E-state index is 11.3. The number of rotatable bonds is 11. The maximum atomic E-state index is 11.3. The van der Waals surface area contributed by atoms with Crippen molar-refractivity contribution < 1.29 is 31.4 Å². The van der Waals surface area contributed by atoms with E-state index < -0.39 is 0 Å². The fourth-order valence-electron chi connectivity index (χ4n) is 4.14. The molecule has 0 saturated heterocycles. The van der Waals surface area contributed by atoms with Gasteiger partial charge < -0.3 is 15.7 Å². The Bertz CT molecular complexity index is 951. The number of aryl methyl sites for hydroxylation is 2. The second-order valence-electron chi connectivity index (χ2n) is 8.43. The van der Waals surface area contributed by atoms with Gasteiger partial charge in [0.1, 0.15) is 0 Å². The SMILES string of the molecule is CCCCC1=C(c2cccc(CCCC)c2)[N+](=[N-])C(c2cccc(CCCC)c2)=C1.CO.CO.[Ni]. The second-order valence-corrected chi connectivity index (χ2v) is 8.43. The molecule has 0 atom stereocenters. The predicted molar refractivity (Wildman–Crippen MR) is 144 cm³/mol. The van der Waals surface area contributed by atoms with Crippen molar-refractivity contribution in [3.05, 3.63) is 88.0 Å². The first-order chi connectivity index (χ1) is 16.7. The number of hydrogen-bond acceptors (Lipinski definition) is 2. The molecule has 2 aromatic carbocycles. The van der Waals surface area contributed by atoms with Crippen molar-refractivity contribution in [2.75, 3.05) is 14.2 Å². The van der Waals surface area contributed by atoms with E-state index in [4.69, 9.17) is 10.2 Å². The van der Waals surface area contributed by atoms with Gasteiger partial charge in [-0.2, -0.15) is 0 Å². The van der Waals surface area contributed by atoms with Gasteiger partial charge in [0.05, 0.1) is 0 Å². The van der Waals surface area contributed by atoms with Crippen molar-refractivity contribution in [1.29, 1.82) is 0 Å². The average Bonchev–Trinajstić information content (AvgIpc) is 3.23. The first-order valence-electron chi connectivity index (χ1n) is 12.7. The molecule has 3 rings (SSSR count). The Balaban J connectivity index is 0.00000220. The van der Waals surface area contributed by atoms with E-state index in [1.54, 1.807) is 0 Å². The molecule has 0 amide bonds. The first-order valence-corrected chi connectivity index (χ1v) is 12.7. The molecule has 0 fully saturated rings. The molecule has 0 saturated carbocycles. The van der Waals surface area contributed by atoms with Gasteiger partial charge in [-0.25, -0.2) is 4.70 Å². The molecule has 1 aliphatic heterocycles. The summed E-state index contributed by atoms with van der Waals surface area (Å²) in [6.45, 7) is 6.68. The Morgan fingerprint density at radius 2 is 1.14 bits per heavy atom. The molecule has 0 unspecified atom stereocenters. The van der Waals surface area contributed by atoms with Gasteiger partial charge in [-0.1, -0.05) is 64.3 Å². The van der Waals surface area contributed by atoms with Crippen LogP contribution in [0.25, 0.3) is 16.9 Å². The Hall–Kier alpha value is -2.07. The molecule has 0 bridgehead atoms. The molecule has 5 heteroatoms. The Labute approximate surface area is 223 Å². The van der Waals surface area contributed by atoms with E-state index in [-0.39, 0.29) is 16.5 Å². The zero-order valence-corrected chi connectivity index (χ0v) is 23.2. The fourth-order valence-corrected chi connectivity index (χ4v) is 4.14. The van der Waals surface area contributed by atoms with Gasteiger partial charge >= 0.3 is 0 Å². The molecule has 196 valence electrons. The molecular weight excluding hydrogens is 479 g/mol. The quantitative estimate of drug-likeness (QED) is 0.236. The zero-order valence-electron chi connectivity index (χ0n) is 22.2. The number of nitrogens with zero attached hydrogens (tertiary/aromatic N) is 2. The van der Waals surface area contributed by atoms with Gasteiger partial charge in [0.15, 0.2) is 0 Å². The number of benzene rings is 2. The zero-order chi connectivity index (χ0) is 25.3. The number of unbranched alkanes of at least 4 members (excludes halogenated alkanes) is 3. The van der Waals surface area contributed by atoms with Crippen LogP contribution in [0.4, 0.5) is 0 Å². The predicted octanol–water partition coefficient (Wildman–Crippen LogP) is 7.58. The first kappa shape index (κ1) is 32.9. The summed E-state index contributed by atoms with van der Waals surface area (Å²) in [6, 6.07) is 17.4. The van der Waals surface area contributed by atoms with Gasteiger partial charge in [-0.05, 0) is 73.9 Å². The topological polar surface area (TPSA) is 65.8 Å². The van der Waals surface area contributed by atoms with Crippen LogP contribution in [-0.2, 0) is 29.3 Å². The van der Waals surface area contributed by atoms with Crippen LogP contribution in [0, 0.1) is 0 Å². The molecule has 1 aliphatic rings. The van der Waals surface area contributed by atoms with E-state index in [1.807, 2.05) is 0 Å². The van der Waals surface area contributed by atoms with Gasteiger partial charge in [0.2, 0.25) is 11.4 Å². The van der Waals surface area contributed by atoms with Crippen molar-refractivity contribution in [1.82, 2.24) is 0 Å². The summed E-state index contributed by atoms with van der Waals surface area (Å²) in [5.74, 6) is 0. The van der Waals surface area contributed by atoms with Crippen molar-refractivity contribution in [2.24, 2.45) is 0 Å². The normalized spacial score (nSPS) is 12.2. The monoisotopic (exact) mass is 522 g/mol. The molecule has 1 heterocycles. The number of aliphatic hydroxyl groups is 2. The molecule has 35 heavy (non-hydrogen) atoms. The van der Waals surface area contributed by atoms with E-state index in [0.717, 1.165) is 68.8 Å². The Morgan fingerprint density at radius 1 is 0.686 bits per heavy atom. The molecule has 0 aromatic heterocycles. The summed E-state index contributed by atoms with van der Waals surface area (Å²) in [5.41, 5.74) is 19.3. The van der Waals surface area contributed by atoms with Crippen LogP contribution in [0.5, 0.6) is 0 Å². The smallest absolute Gasteiger partial charge is 0.210 e. The molecule has 0 spiro atoms. The summed E-state index contributed by atoms with van der Waals surface area (Å²) >= 11 is 0. The van der Waals surface area contributed by atoms with E-state index in [2.05, 4.69) is 75.4 Å². The van der Waals surface area contributed by atoms with E-state index >= 15 is 0 Å². The standard InChI is InChI=1S/C28H36N2.2CH4O.Ni/c1-4-7-12-22-14-10-17-24(19-22)27-21-26(16-9-6-3)28(30(27)29)25-18-11-15-23(20-25)13-8-5-2;2*1-2;/h10-11,14-15,17-21H,4-9,12-13,16H2,1-3H3;2*2H,1H3;. The van der Waals surface area contributed by atoms with Gasteiger partial charge in [-0.15, -0.1) is 0 Å². The van der Waals surface area contributed by atoms with Crippen LogP contribution < -0.4 is 0 Å². The fraction of sp³-hybridized carbons (Fsp3) is 0.467. The number of hydrogen-bond donors (Lipinski definition) is 2. The molecule has 2 N–H and O–H groups in total. The van der Waals surface area contributed by atoms with E-state index in [0.29, 0.717) is 0 Å². The third-order valence-electron chi connectivity index (χ3n) is 5.92. The van der Waals surface area contributed by atoms with Crippen LogP contribution >= 0.6 is 0 Å². The van der Waals surface area contributed by atoms with E-state index in [1.165, 1.54) is 47.1 Å². The van der Waals surface area contributed by atoms with Crippen LogP contribution in [-0.4, -0.2) is 29.1 Å². The third kappa shape index (κ3) is 9.84. The van der Waals surface area contributed by atoms with Crippen LogP contribution in [0.15, 0.2) is 60.2 Å². The summed E-state index contributed by atoms with van der Waals surface area (Å²) in [7, 11) is 2.00. The largest absolute Gasteiger partial charge is 0.493 e. The van der Waals surface area contributed by atoms with Crippen molar-refractivity contribution in [3.63, 3.8) is 0 Å².